The standard InChI is InChI=1S/C31H36FN3O5S/c1-23(31(37)33-26-11-5-3-6-12-26)34(21-24-17-19-25(32)20-18-24)30(36)22-35(28-15-9-10-16-29(28)40-2)41(38,39)27-13-7-4-8-14-27/h4,7-10,13-20,23,26H,3,5-6,11-12,21-22H2,1-2H3,(H,33,37)/t23-/m0/s1. The lowest BCUT2D eigenvalue weighted by atomic mass is 9.95. The summed E-state index contributed by atoms with van der Waals surface area (Å²) in [6.45, 7) is 1.03. The fraction of sp³-hybridized carbons (Fsp3) is 0.355. The molecule has 10 heteroatoms. The third-order valence-corrected chi connectivity index (χ3v) is 9.12. The van der Waals surface area contributed by atoms with Crippen LogP contribution in [0.3, 0.4) is 0 Å². The quantitative estimate of drug-likeness (QED) is 0.348. The molecule has 2 amide bonds. The van der Waals surface area contributed by atoms with E-state index in [4.69, 9.17) is 4.74 Å². The van der Waals surface area contributed by atoms with Crippen molar-refractivity contribution < 1.29 is 27.1 Å². The Morgan fingerprint density at radius 1 is 0.951 bits per heavy atom. The van der Waals surface area contributed by atoms with Crippen LogP contribution in [0.4, 0.5) is 10.1 Å². The topological polar surface area (TPSA) is 96.0 Å². The van der Waals surface area contributed by atoms with Crippen LogP contribution in [0.5, 0.6) is 5.75 Å². The van der Waals surface area contributed by atoms with Gasteiger partial charge in [-0.25, -0.2) is 12.8 Å². The van der Waals surface area contributed by atoms with Crippen molar-refractivity contribution in [2.75, 3.05) is 18.0 Å². The van der Waals surface area contributed by atoms with E-state index in [2.05, 4.69) is 5.32 Å². The van der Waals surface area contributed by atoms with Gasteiger partial charge in [-0.1, -0.05) is 61.7 Å². The van der Waals surface area contributed by atoms with Crippen LogP contribution >= 0.6 is 0 Å². The minimum Gasteiger partial charge on any atom is -0.495 e. The smallest absolute Gasteiger partial charge is 0.264 e. The SMILES string of the molecule is COc1ccccc1N(CC(=O)N(Cc1ccc(F)cc1)[C@@H](C)C(=O)NC1CCCCC1)S(=O)(=O)c1ccccc1. The summed E-state index contributed by atoms with van der Waals surface area (Å²) < 4.78 is 47.9. The van der Waals surface area contributed by atoms with E-state index < -0.39 is 34.3 Å². The summed E-state index contributed by atoms with van der Waals surface area (Å²) in [5.74, 6) is -1.06. The molecule has 0 bridgehead atoms. The number of anilines is 1. The largest absolute Gasteiger partial charge is 0.495 e. The third kappa shape index (κ3) is 7.43. The first-order valence-electron chi connectivity index (χ1n) is 13.8. The molecular weight excluding hydrogens is 545 g/mol. The lowest BCUT2D eigenvalue weighted by Gasteiger charge is -2.33. The molecular formula is C31H36FN3O5S. The highest BCUT2D eigenvalue weighted by atomic mass is 32.2. The second kappa shape index (κ2) is 13.6. The minimum atomic E-state index is -4.21. The van der Waals surface area contributed by atoms with Crippen LogP contribution in [0.1, 0.15) is 44.6 Å². The van der Waals surface area contributed by atoms with Gasteiger partial charge in [0, 0.05) is 12.6 Å². The van der Waals surface area contributed by atoms with E-state index in [1.54, 1.807) is 61.5 Å². The van der Waals surface area contributed by atoms with Crippen LogP contribution in [0.15, 0.2) is 83.8 Å². The molecule has 0 aliphatic heterocycles. The summed E-state index contributed by atoms with van der Waals surface area (Å²) in [5.41, 5.74) is 0.792. The molecule has 8 nitrogen and oxygen atoms in total. The molecule has 1 aliphatic carbocycles. The van der Waals surface area contributed by atoms with E-state index >= 15 is 0 Å². The monoisotopic (exact) mass is 581 g/mol. The number of benzene rings is 3. The Morgan fingerprint density at radius 3 is 2.24 bits per heavy atom. The maximum atomic E-state index is 14.0. The minimum absolute atomic E-state index is 0.00637. The predicted molar refractivity (Wildman–Crippen MR) is 155 cm³/mol. The molecule has 0 spiro atoms. The highest BCUT2D eigenvalue weighted by Crippen LogP contribution is 2.32. The molecule has 0 heterocycles. The first-order valence-corrected chi connectivity index (χ1v) is 15.2. The molecule has 0 radical (unpaired) electrons. The highest BCUT2D eigenvalue weighted by molar-refractivity contribution is 7.92. The van der Waals surface area contributed by atoms with Gasteiger partial charge in [-0.05, 0) is 61.7 Å². The summed E-state index contributed by atoms with van der Waals surface area (Å²) in [6, 6.07) is 19.1. The lowest BCUT2D eigenvalue weighted by molar-refractivity contribution is -0.139. The van der Waals surface area contributed by atoms with Crippen molar-refractivity contribution in [2.45, 2.75) is 62.6 Å². The molecule has 0 unspecified atom stereocenters. The molecule has 3 aromatic rings. The summed E-state index contributed by atoms with van der Waals surface area (Å²) in [4.78, 5) is 28.7. The van der Waals surface area contributed by atoms with Crippen LogP contribution in [0.2, 0.25) is 0 Å². The number of hydrogen-bond donors (Lipinski definition) is 1. The van der Waals surface area contributed by atoms with E-state index in [-0.39, 0.29) is 34.8 Å². The molecule has 4 rings (SSSR count). The molecule has 1 aliphatic rings. The number of methoxy groups -OCH3 is 1. The summed E-state index contributed by atoms with van der Waals surface area (Å²) in [6.07, 6.45) is 4.94. The van der Waals surface area contributed by atoms with Gasteiger partial charge in [-0.15, -0.1) is 0 Å². The second-order valence-corrected chi connectivity index (χ2v) is 12.0. The maximum Gasteiger partial charge on any atom is 0.264 e. The number of halogens is 1. The van der Waals surface area contributed by atoms with E-state index in [0.717, 1.165) is 36.4 Å². The normalized spacial score (nSPS) is 14.6. The van der Waals surface area contributed by atoms with Crippen LogP contribution in [-0.2, 0) is 26.2 Å². The number of amides is 2. The maximum absolute atomic E-state index is 14.0. The first-order chi connectivity index (χ1) is 19.7. The Hall–Kier alpha value is -3.92. The summed E-state index contributed by atoms with van der Waals surface area (Å²) in [5, 5.41) is 3.06. The number of ether oxygens (including phenoxy) is 1. The van der Waals surface area contributed by atoms with Crippen LogP contribution in [0, 0.1) is 5.82 Å². The second-order valence-electron chi connectivity index (χ2n) is 10.2. The van der Waals surface area contributed by atoms with Crippen molar-refractivity contribution in [1.29, 1.82) is 0 Å². The number of para-hydroxylation sites is 2. The number of carbonyl (C=O) groups is 2. The predicted octanol–water partition coefficient (Wildman–Crippen LogP) is 4.90. The fourth-order valence-electron chi connectivity index (χ4n) is 5.01. The Kier molecular flexibility index (Phi) is 9.99. The van der Waals surface area contributed by atoms with E-state index in [1.807, 2.05) is 0 Å². The van der Waals surface area contributed by atoms with Crippen LogP contribution < -0.4 is 14.4 Å². The van der Waals surface area contributed by atoms with Gasteiger partial charge >= 0.3 is 0 Å². The number of rotatable bonds is 11. The van der Waals surface area contributed by atoms with Gasteiger partial charge in [0.1, 0.15) is 24.2 Å². The van der Waals surface area contributed by atoms with Gasteiger partial charge in [0.15, 0.2) is 0 Å². The number of sulfonamides is 1. The Bertz CT molecular complexity index is 1430. The molecule has 1 saturated carbocycles. The average Bonchev–Trinajstić information content (AvgIpc) is 3.00. The third-order valence-electron chi connectivity index (χ3n) is 7.35. The molecule has 1 fully saturated rings. The van der Waals surface area contributed by atoms with Gasteiger partial charge in [0.05, 0.1) is 17.7 Å². The molecule has 41 heavy (non-hydrogen) atoms. The molecule has 0 saturated heterocycles. The molecule has 218 valence electrons. The highest BCUT2D eigenvalue weighted by Gasteiger charge is 2.34. The number of nitrogens with zero attached hydrogens (tertiary/aromatic N) is 2. The fourth-order valence-corrected chi connectivity index (χ4v) is 6.45. The zero-order chi connectivity index (χ0) is 29.4. The van der Waals surface area contributed by atoms with Crippen molar-refractivity contribution in [3.63, 3.8) is 0 Å². The molecule has 3 aromatic carbocycles. The lowest BCUT2D eigenvalue weighted by Crippen LogP contribution is -2.53. The van der Waals surface area contributed by atoms with Crippen molar-refractivity contribution in [3.05, 3.63) is 90.2 Å². The van der Waals surface area contributed by atoms with Gasteiger partial charge in [-0.3, -0.25) is 13.9 Å². The van der Waals surface area contributed by atoms with Crippen molar-refractivity contribution >= 4 is 27.5 Å². The van der Waals surface area contributed by atoms with Gasteiger partial charge in [0.2, 0.25) is 11.8 Å². The number of hydrogen-bond acceptors (Lipinski definition) is 5. The van der Waals surface area contributed by atoms with E-state index in [9.17, 15) is 22.4 Å². The Balaban J connectivity index is 1.69. The van der Waals surface area contributed by atoms with Gasteiger partial charge in [0.25, 0.3) is 10.0 Å². The summed E-state index contributed by atoms with van der Waals surface area (Å²) in [7, 11) is -2.78. The van der Waals surface area contributed by atoms with Crippen molar-refractivity contribution in [2.24, 2.45) is 0 Å². The van der Waals surface area contributed by atoms with E-state index in [0.29, 0.717) is 5.56 Å². The first kappa shape index (κ1) is 30.0. The number of nitrogens with one attached hydrogen (secondary N) is 1. The zero-order valence-electron chi connectivity index (χ0n) is 23.3. The molecule has 1 atom stereocenters. The van der Waals surface area contributed by atoms with E-state index in [1.165, 1.54) is 36.3 Å². The molecule has 1 N–H and O–H groups in total. The van der Waals surface area contributed by atoms with Crippen LogP contribution in [0.25, 0.3) is 0 Å². The van der Waals surface area contributed by atoms with Crippen molar-refractivity contribution in [1.82, 2.24) is 10.2 Å². The van der Waals surface area contributed by atoms with Gasteiger partial charge < -0.3 is 15.0 Å². The number of carbonyl (C=O) groups excluding carboxylic acids is 2. The van der Waals surface area contributed by atoms with Crippen LogP contribution in [-0.4, -0.2) is 50.9 Å². The van der Waals surface area contributed by atoms with Crippen molar-refractivity contribution in [3.8, 4) is 5.75 Å². The zero-order valence-corrected chi connectivity index (χ0v) is 24.1. The molecule has 0 aromatic heterocycles. The average molecular weight is 582 g/mol. The Labute approximate surface area is 241 Å². The Morgan fingerprint density at radius 2 is 1.59 bits per heavy atom. The summed E-state index contributed by atoms with van der Waals surface area (Å²) >= 11 is 0. The van der Waals surface area contributed by atoms with Gasteiger partial charge in [-0.2, -0.15) is 0 Å².